The Labute approximate surface area is 84.0 Å². The van der Waals surface area contributed by atoms with Crippen LogP contribution in [0.25, 0.3) is 11.2 Å². The lowest BCUT2D eigenvalue weighted by atomic mass is 10.4. The predicted molar refractivity (Wildman–Crippen MR) is 50.2 cm³/mol. The summed E-state index contributed by atoms with van der Waals surface area (Å²) in [6.07, 6.45) is 2.89. The van der Waals surface area contributed by atoms with Crippen molar-refractivity contribution in [3.05, 3.63) is 23.6 Å². The minimum Gasteiger partial charge on any atom is -0.480 e. The molecule has 0 atom stereocenters. The van der Waals surface area contributed by atoms with Crippen LogP contribution in [-0.4, -0.2) is 25.6 Å². The average molecular weight is 212 g/mol. The highest BCUT2D eigenvalue weighted by Crippen LogP contribution is 2.14. The molecule has 0 aliphatic carbocycles. The number of fused-ring (bicyclic) bond motifs is 1. The third-order valence-electron chi connectivity index (χ3n) is 1.73. The Morgan fingerprint density at radius 2 is 2.36 bits per heavy atom. The van der Waals surface area contributed by atoms with Crippen LogP contribution in [0.1, 0.15) is 0 Å². The lowest BCUT2D eigenvalue weighted by molar-refractivity contribution is -0.137. The van der Waals surface area contributed by atoms with Gasteiger partial charge in [-0.1, -0.05) is 11.6 Å². The fourth-order valence-corrected chi connectivity index (χ4v) is 1.34. The molecule has 6 heteroatoms. The van der Waals surface area contributed by atoms with Gasteiger partial charge in [-0.15, -0.1) is 0 Å². The Bertz CT molecular complexity index is 494. The van der Waals surface area contributed by atoms with Crippen LogP contribution < -0.4 is 0 Å². The largest absolute Gasteiger partial charge is 0.480 e. The number of carbonyl (C=O) groups is 1. The summed E-state index contributed by atoms with van der Waals surface area (Å²) in [4.78, 5) is 18.5. The number of pyridine rings is 1. The third-order valence-corrected chi connectivity index (χ3v) is 1.93. The van der Waals surface area contributed by atoms with Crippen molar-refractivity contribution in [3.8, 4) is 0 Å². The van der Waals surface area contributed by atoms with Gasteiger partial charge in [-0.05, 0) is 6.07 Å². The van der Waals surface area contributed by atoms with Crippen molar-refractivity contribution in [1.82, 2.24) is 14.5 Å². The van der Waals surface area contributed by atoms with E-state index in [9.17, 15) is 4.79 Å². The number of hydrogen-bond donors (Lipinski definition) is 1. The van der Waals surface area contributed by atoms with Crippen LogP contribution in [0, 0.1) is 0 Å². The molecule has 0 bridgehead atoms. The zero-order chi connectivity index (χ0) is 10.1. The molecule has 0 aliphatic heterocycles. The molecular weight excluding hydrogens is 206 g/mol. The van der Waals surface area contributed by atoms with Crippen LogP contribution >= 0.6 is 11.6 Å². The Balaban J connectivity index is 2.52. The first-order valence-corrected chi connectivity index (χ1v) is 4.23. The summed E-state index contributed by atoms with van der Waals surface area (Å²) in [6, 6.07) is 1.64. The lowest BCUT2D eigenvalue weighted by Gasteiger charge is -1.97. The predicted octanol–water partition coefficient (Wildman–Crippen LogP) is 1.17. The SMILES string of the molecule is O=C(O)Cn1cnc2cc(Cl)cnc21. The van der Waals surface area contributed by atoms with Gasteiger partial charge in [0.25, 0.3) is 0 Å². The smallest absolute Gasteiger partial charge is 0.323 e. The van der Waals surface area contributed by atoms with Crippen molar-refractivity contribution < 1.29 is 9.90 Å². The van der Waals surface area contributed by atoms with E-state index in [1.54, 1.807) is 6.07 Å². The first kappa shape index (κ1) is 8.96. The van der Waals surface area contributed by atoms with Crippen molar-refractivity contribution in [2.45, 2.75) is 6.54 Å². The van der Waals surface area contributed by atoms with Gasteiger partial charge < -0.3 is 9.67 Å². The summed E-state index contributed by atoms with van der Waals surface area (Å²) in [5.41, 5.74) is 1.12. The highest BCUT2D eigenvalue weighted by molar-refractivity contribution is 6.31. The fraction of sp³-hybridized carbons (Fsp3) is 0.125. The van der Waals surface area contributed by atoms with Crippen molar-refractivity contribution in [2.24, 2.45) is 0 Å². The average Bonchev–Trinajstić information content (AvgIpc) is 2.47. The second kappa shape index (κ2) is 3.26. The maximum Gasteiger partial charge on any atom is 0.323 e. The van der Waals surface area contributed by atoms with Gasteiger partial charge in [0.05, 0.1) is 11.3 Å². The molecule has 0 radical (unpaired) electrons. The van der Waals surface area contributed by atoms with E-state index in [0.29, 0.717) is 16.2 Å². The van der Waals surface area contributed by atoms with E-state index in [0.717, 1.165) is 0 Å². The van der Waals surface area contributed by atoms with Crippen LogP contribution in [0.15, 0.2) is 18.6 Å². The molecule has 0 saturated carbocycles. The van der Waals surface area contributed by atoms with Crippen molar-refractivity contribution in [3.63, 3.8) is 0 Å². The van der Waals surface area contributed by atoms with Crippen molar-refractivity contribution in [2.75, 3.05) is 0 Å². The number of aliphatic carboxylic acids is 1. The van der Waals surface area contributed by atoms with Crippen LogP contribution in [-0.2, 0) is 11.3 Å². The molecule has 2 heterocycles. The Kier molecular flexibility index (Phi) is 2.09. The second-order valence-corrected chi connectivity index (χ2v) is 3.20. The lowest BCUT2D eigenvalue weighted by Crippen LogP contribution is -2.07. The fourth-order valence-electron chi connectivity index (χ4n) is 1.19. The number of aromatic nitrogens is 3. The molecule has 14 heavy (non-hydrogen) atoms. The van der Waals surface area contributed by atoms with Gasteiger partial charge >= 0.3 is 5.97 Å². The number of carboxylic acids is 1. The summed E-state index contributed by atoms with van der Waals surface area (Å²) in [7, 11) is 0. The van der Waals surface area contributed by atoms with Gasteiger partial charge in [-0.25, -0.2) is 9.97 Å². The summed E-state index contributed by atoms with van der Waals surface area (Å²) in [6.45, 7) is -0.148. The summed E-state index contributed by atoms with van der Waals surface area (Å²) >= 11 is 5.71. The molecule has 0 saturated heterocycles. The van der Waals surface area contributed by atoms with Gasteiger partial charge in [0.2, 0.25) is 0 Å². The molecule has 0 unspecified atom stereocenters. The van der Waals surface area contributed by atoms with E-state index in [1.807, 2.05) is 0 Å². The van der Waals surface area contributed by atoms with Gasteiger partial charge in [-0.2, -0.15) is 0 Å². The number of carboxylic acid groups (broad SMARTS) is 1. The molecule has 72 valence electrons. The molecule has 0 amide bonds. The monoisotopic (exact) mass is 211 g/mol. The van der Waals surface area contributed by atoms with E-state index in [-0.39, 0.29) is 6.54 Å². The molecular formula is C8H6ClN3O2. The molecule has 5 nitrogen and oxygen atoms in total. The standard InChI is InChI=1S/C8H6ClN3O2/c9-5-1-6-8(10-2-5)12(4-11-6)3-7(13)14/h1-2,4H,3H2,(H,13,14). The molecule has 1 N–H and O–H groups in total. The van der Waals surface area contributed by atoms with E-state index < -0.39 is 5.97 Å². The van der Waals surface area contributed by atoms with Crippen LogP contribution in [0.4, 0.5) is 0 Å². The zero-order valence-electron chi connectivity index (χ0n) is 7.01. The van der Waals surface area contributed by atoms with E-state index in [4.69, 9.17) is 16.7 Å². The molecule has 0 spiro atoms. The zero-order valence-corrected chi connectivity index (χ0v) is 7.77. The normalized spacial score (nSPS) is 10.6. The van der Waals surface area contributed by atoms with Gasteiger partial charge in [0.15, 0.2) is 5.65 Å². The number of hydrogen-bond acceptors (Lipinski definition) is 3. The molecule has 2 aromatic rings. The van der Waals surface area contributed by atoms with Crippen LogP contribution in [0.3, 0.4) is 0 Å². The number of nitrogens with zero attached hydrogens (tertiary/aromatic N) is 3. The topological polar surface area (TPSA) is 68.0 Å². The second-order valence-electron chi connectivity index (χ2n) is 2.76. The van der Waals surface area contributed by atoms with Crippen molar-refractivity contribution in [1.29, 1.82) is 0 Å². The minimum atomic E-state index is -0.930. The molecule has 0 aliphatic rings. The number of rotatable bonds is 2. The van der Waals surface area contributed by atoms with E-state index in [2.05, 4.69) is 9.97 Å². The first-order chi connectivity index (χ1) is 6.66. The first-order valence-electron chi connectivity index (χ1n) is 3.85. The van der Waals surface area contributed by atoms with Crippen LogP contribution in [0.2, 0.25) is 5.02 Å². The Morgan fingerprint density at radius 3 is 3.07 bits per heavy atom. The highest BCUT2D eigenvalue weighted by atomic mass is 35.5. The van der Waals surface area contributed by atoms with Gasteiger partial charge in [-0.3, -0.25) is 4.79 Å². The molecule has 0 fully saturated rings. The van der Waals surface area contributed by atoms with Gasteiger partial charge in [0, 0.05) is 6.20 Å². The minimum absolute atomic E-state index is 0.148. The maximum absolute atomic E-state index is 10.5. The highest BCUT2D eigenvalue weighted by Gasteiger charge is 2.06. The number of imidazole rings is 1. The van der Waals surface area contributed by atoms with Crippen molar-refractivity contribution >= 4 is 28.7 Å². The molecule has 2 rings (SSSR count). The summed E-state index contributed by atoms with van der Waals surface area (Å²) in [5, 5.41) is 9.08. The van der Waals surface area contributed by atoms with Crippen LogP contribution in [0.5, 0.6) is 0 Å². The maximum atomic E-state index is 10.5. The summed E-state index contributed by atoms with van der Waals surface area (Å²) < 4.78 is 1.45. The van der Waals surface area contributed by atoms with E-state index in [1.165, 1.54) is 17.1 Å². The quantitative estimate of drug-likeness (QED) is 0.810. The van der Waals surface area contributed by atoms with Gasteiger partial charge in [0.1, 0.15) is 12.1 Å². The third kappa shape index (κ3) is 1.54. The summed E-state index contributed by atoms with van der Waals surface area (Å²) in [5.74, 6) is -0.930. The van der Waals surface area contributed by atoms with E-state index >= 15 is 0 Å². The Hall–Kier alpha value is -1.62. The molecule has 0 aromatic carbocycles. The molecule has 2 aromatic heterocycles. The number of halogens is 1. The Morgan fingerprint density at radius 1 is 1.57 bits per heavy atom.